The number of aromatic nitrogens is 3. The third-order valence-electron chi connectivity index (χ3n) is 3.15. The summed E-state index contributed by atoms with van der Waals surface area (Å²) in [7, 11) is 1.59. The molecule has 2 aromatic heterocycles. The standard InChI is InChI=1S/C15H23N7O2.HI/c1-3-16-15(19-11-14(23)17-7-9-24-2)18-10-13-21-20-12-6-4-5-8-22(12)13;/h4-6,8H,3,7,9-11H2,1-2H3,(H,17,23)(H2,16,18,19);1H. The summed E-state index contributed by atoms with van der Waals surface area (Å²) in [5, 5.41) is 17.0. The van der Waals surface area contributed by atoms with E-state index in [0.29, 0.717) is 32.2 Å². The zero-order valence-electron chi connectivity index (χ0n) is 14.4. The second kappa shape index (κ2) is 11.6. The molecule has 0 fully saturated rings. The first-order valence-corrected chi connectivity index (χ1v) is 7.81. The van der Waals surface area contributed by atoms with E-state index >= 15 is 0 Å². The molecule has 0 unspecified atom stereocenters. The summed E-state index contributed by atoms with van der Waals surface area (Å²) < 4.78 is 6.76. The molecule has 1 amide bonds. The molecule has 3 N–H and O–H groups in total. The molecule has 0 aliphatic rings. The Kier molecular flexibility index (Phi) is 9.77. The van der Waals surface area contributed by atoms with Crippen LogP contribution in [-0.2, 0) is 16.1 Å². The van der Waals surface area contributed by atoms with Gasteiger partial charge in [0, 0.05) is 26.4 Å². The number of nitrogens with one attached hydrogen (secondary N) is 3. The maximum atomic E-state index is 11.7. The van der Waals surface area contributed by atoms with Crippen molar-refractivity contribution in [1.82, 2.24) is 30.5 Å². The van der Waals surface area contributed by atoms with Crippen LogP contribution in [0.3, 0.4) is 0 Å². The number of carbonyl (C=O) groups excluding carboxylic acids is 1. The maximum Gasteiger partial charge on any atom is 0.239 e. The molecule has 2 aromatic rings. The van der Waals surface area contributed by atoms with Crippen LogP contribution in [0.25, 0.3) is 5.65 Å². The molecule has 0 saturated carbocycles. The van der Waals surface area contributed by atoms with E-state index in [-0.39, 0.29) is 36.4 Å². The Bertz CT molecular complexity index is 689. The average Bonchev–Trinajstić information content (AvgIpc) is 3.01. The first-order chi connectivity index (χ1) is 11.7. The molecule has 0 spiro atoms. The molecular weight excluding hydrogens is 437 g/mol. The van der Waals surface area contributed by atoms with Gasteiger partial charge in [0.05, 0.1) is 13.2 Å². The molecule has 9 nitrogen and oxygen atoms in total. The quantitative estimate of drug-likeness (QED) is 0.224. The van der Waals surface area contributed by atoms with Gasteiger partial charge in [-0.3, -0.25) is 9.20 Å². The predicted octanol–water partition coefficient (Wildman–Crippen LogP) is 0.165. The molecule has 10 heteroatoms. The van der Waals surface area contributed by atoms with Crippen LogP contribution >= 0.6 is 24.0 Å². The first kappa shape index (κ1) is 21.1. The zero-order chi connectivity index (χ0) is 17.2. The fourth-order valence-corrected chi connectivity index (χ4v) is 2.01. The minimum atomic E-state index is -0.120. The topological polar surface area (TPSA) is 105 Å². The number of hydrogen-bond acceptors (Lipinski definition) is 5. The number of methoxy groups -OCH3 is 1. The van der Waals surface area contributed by atoms with E-state index < -0.39 is 0 Å². The highest BCUT2D eigenvalue weighted by molar-refractivity contribution is 14.0. The number of aliphatic imine (C=N–C) groups is 1. The lowest BCUT2D eigenvalue weighted by atomic mass is 10.4. The summed E-state index contributed by atoms with van der Waals surface area (Å²) >= 11 is 0. The minimum Gasteiger partial charge on any atom is -0.383 e. The van der Waals surface area contributed by atoms with Gasteiger partial charge in [-0.25, -0.2) is 4.99 Å². The molecule has 138 valence electrons. The van der Waals surface area contributed by atoms with Gasteiger partial charge in [0.25, 0.3) is 0 Å². The van der Waals surface area contributed by atoms with Crippen molar-refractivity contribution in [3.05, 3.63) is 30.2 Å². The second-order valence-electron chi connectivity index (χ2n) is 4.94. The Morgan fingerprint density at radius 3 is 2.88 bits per heavy atom. The number of guanidine groups is 1. The van der Waals surface area contributed by atoms with E-state index in [1.165, 1.54) is 0 Å². The van der Waals surface area contributed by atoms with Gasteiger partial charge >= 0.3 is 0 Å². The molecule has 2 heterocycles. The van der Waals surface area contributed by atoms with Gasteiger partial charge < -0.3 is 20.7 Å². The molecular formula is C15H24IN7O2. The lowest BCUT2D eigenvalue weighted by molar-refractivity contribution is -0.120. The number of carbonyl (C=O) groups is 1. The normalized spacial score (nSPS) is 11.0. The number of hydrogen-bond donors (Lipinski definition) is 3. The highest BCUT2D eigenvalue weighted by Gasteiger charge is 2.06. The second-order valence-corrected chi connectivity index (χ2v) is 4.94. The van der Waals surface area contributed by atoms with Crippen LogP contribution in [-0.4, -0.2) is 59.8 Å². The number of pyridine rings is 1. The molecule has 25 heavy (non-hydrogen) atoms. The molecule has 0 saturated heterocycles. The fourth-order valence-electron chi connectivity index (χ4n) is 2.01. The van der Waals surface area contributed by atoms with Gasteiger partial charge in [0.1, 0.15) is 6.54 Å². The van der Waals surface area contributed by atoms with Crippen molar-refractivity contribution in [3.63, 3.8) is 0 Å². The number of nitrogens with zero attached hydrogens (tertiary/aromatic N) is 4. The number of fused-ring (bicyclic) bond motifs is 1. The van der Waals surface area contributed by atoms with Crippen LogP contribution in [0.4, 0.5) is 0 Å². The number of rotatable bonds is 8. The molecule has 0 radical (unpaired) electrons. The third-order valence-corrected chi connectivity index (χ3v) is 3.15. The SMILES string of the molecule is CCNC(=NCc1nnc2ccccn12)NCC(=O)NCCOC.I. The maximum absolute atomic E-state index is 11.7. The van der Waals surface area contributed by atoms with E-state index in [1.807, 2.05) is 35.7 Å². The van der Waals surface area contributed by atoms with Crippen LogP contribution < -0.4 is 16.0 Å². The van der Waals surface area contributed by atoms with E-state index in [4.69, 9.17) is 4.74 Å². The smallest absolute Gasteiger partial charge is 0.239 e. The molecule has 0 bridgehead atoms. The van der Waals surface area contributed by atoms with Crippen molar-refractivity contribution in [3.8, 4) is 0 Å². The number of halogens is 1. The highest BCUT2D eigenvalue weighted by Crippen LogP contribution is 2.03. The Morgan fingerprint density at radius 2 is 2.12 bits per heavy atom. The van der Waals surface area contributed by atoms with Gasteiger partial charge in [0.15, 0.2) is 17.4 Å². The van der Waals surface area contributed by atoms with Crippen molar-refractivity contribution < 1.29 is 9.53 Å². The van der Waals surface area contributed by atoms with Crippen LogP contribution in [0.5, 0.6) is 0 Å². The van der Waals surface area contributed by atoms with Gasteiger partial charge in [-0.1, -0.05) is 6.07 Å². The van der Waals surface area contributed by atoms with E-state index in [1.54, 1.807) is 7.11 Å². The van der Waals surface area contributed by atoms with Gasteiger partial charge in [-0.05, 0) is 19.1 Å². The third kappa shape index (κ3) is 6.82. The minimum absolute atomic E-state index is 0. The largest absolute Gasteiger partial charge is 0.383 e. The van der Waals surface area contributed by atoms with Gasteiger partial charge in [-0.2, -0.15) is 0 Å². The number of amides is 1. The van der Waals surface area contributed by atoms with Crippen molar-refractivity contribution in [2.45, 2.75) is 13.5 Å². The van der Waals surface area contributed by atoms with Crippen LogP contribution in [0.15, 0.2) is 29.4 Å². The average molecular weight is 461 g/mol. The Hall–Kier alpha value is -1.95. The molecule has 0 aliphatic heterocycles. The Balaban J connectivity index is 0.00000312. The van der Waals surface area contributed by atoms with E-state index in [9.17, 15) is 4.79 Å². The van der Waals surface area contributed by atoms with Gasteiger partial charge in [-0.15, -0.1) is 34.2 Å². The van der Waals surface area contributed by atoms with Crippen LogP contribution in [0, 0.1) is 0 Å². The molecule has 2 rings (SSSR count). The summed E-state index contributed by atoms with van der Waals surface area (Å²) in [4.78, 5) is 16.1. The summed E-state index contributed by atoms with van der Waals surface area (Å²) in [6, 6.07) is 5.70. The summed E-state index contributed by atoms with van der Waals surface area (Å²) in [5.41, 5.74) is 0.776. The lowest BCUT2D eigenvalue weighted by Crippen LogP contribution is -2.43. The Morgan fingerprint density at radius 1 is 1.28 bits per heavy atom. The monoisotopic (exact) mass is 461 g/mol. The summed E-state index contributed by atoms with van der Waals surface area (Å²) in [6.45, 7) is 4.11. The van der Waals surface area contributed by atoms with Crippen molar-refractivity contribution in [1.29, 1.82) is 0 Å². The van der Waals surface area contributed by atoms with Crippen LogP contribution in [0.2, 0.25) is 0 Å². The summed E-state index contributed by atoms with van der Waals surface area (Å²) in [6.07, 6.45) is 1.89. The zero-order valence-corrected chi connectivity index (χ0v) is 16.7. The van der Waals surface area contributed by atoms with Crippen molar-refractivity contribution >= 4 is 41.5 Å². The molecule has 0 atom stereocenters. The number of ether oxygens (including phenoxy) is 1. The fraction of sp³-hybridized carbons (Fsp3) is 0.467. The van der Waals surface area contributed by atoms with Crippen molar-refractivity contribution in [2.24, 2.45) is 4.99 Å². The first-order valence-electron chi connectivity index (χ1n) is 7.81. The van der Waals surface area contributed by atoms with Crippen molar-refractivity contribution in [2.75, 3.05) is 33.4 Å². The Labute approximate surface area is 163 Å². The van der Waals surface area contributed by atoms with Gasteiger partial charge in [0.2, 0.25) is 5.91 Å². The van der Waals surface area contributed by atoms with Crippen LogP contribution in [0.1, 0.15) is 12.7 Å². The molecule has 0 aromatic carbocycles. The lowest BCUT2D eigenvalue weighted by Gasteiger charge is -2.11. The van der Waals surface area contributed by atoms with E-state index in [2.05, 4.69) is 31.1 Å². The predicted molar refractivity (Wildman–Crippen MR) is 106 cm³/mol. The highest BCUT2D eigenvalue weighted by atomic mass is 127. The van der Waals surface area contributed by atoms with E-state index in [0.717, 1.165) is 11.5 Å². The summed E-state index contributed by atoms with van der Waals surface area (Å²) in [5.74, 6) is 1.16. The molecule has 0 aliphatic carbocycles.